The second-order valence-electron chi connectivity index (χ2n) is 4.35. The minimum absolute atomic E-state index is 0.210. The number of ketones is 1. The Morgan fingerprint density at radius 1 is 1.38 bits per heavy atom. The van der Waals surface area contributed by atoms with Gasteiger partial charge < -0.3 is 5.32 Å². The molecule has 0 aliphatic carbocycles. The first-order valence-corrected chi connectivity index (χ1v) is 6.49. The van der Waals surface area contributed by atoms with E-state index < -0.39 is 0 Å². The largest absolute Gasteiger partial charge is 0.317 e. The van der Waals surface area contributed by atoms with Gasteiger partial charge in [0.25, 0.3) is 0 Å². The van der Waals surface area contributed by atoms with Gasteiger partial charge in [-0.05, 0) is 50.6 Å². The van der Waals surface area contributed by atoms with Gasteiger partial charge in [0.1, 0.15) is 0 Å². The number of piperidine rings is 1. The summed E-state index contributed by atoms with van der Waals surface area (Å²) in [6.45, 7) is 3.95. The lowest BCUT2D eigenvalue weighted by atomic mass is 9.89. The minimum atomic E-state index is 0.210. The SMILES string of the molecule is Cc1cc(C(=O)C2CCNCC2)ccc1Br. The summed E-state index contributed by atoms with van der Waals surface area (Å²) >= 11 is 3.45. The zero-order valence-electron chi connectivity index (χ0n) is 9.42. The molecule has 0 radical (unpaired) electrons. The normalized spacial score (nSPS) is 17.4. The van der Waals surface area contributed by atoms with E-state index in [9.17, 15) is 4.79 Å². The van der Waals surface area contributed by atoms with Crippen molar-refractivity contribution >= 4 is 21.7 Å². The van der Waals surface area contributed by atoms with Crippen LogP contribution >= 0.6 is 15.9 Å². The fraction of sp³-hybridized carbons (Fsp3) is 0.462. The van der Waals surface area contributed by atoms with E-state index in [-0.39, 0.29) is 5.92 Å². The first kappa shape index (κ1) is 11.8. The Bertz CT molecular complexity index is 397. The molecule has 0 atom stereocenters. The highest BCUT2D eigenvalue weighted by molar-refractivity contribution is 9.10. The van der Waals surface area contributed by atoms with E-state index in [0.717, 1.165) is 41.5 Å². The van der Waals surface area contributed by atoms with Gasteiger partial charge in [-0.25, -0.2) is 0 Å². The molecule has 0 amide bonds. The maximum absolute atomic E-state index is 12.2. The molecule has 1 N–H and O–H groups in total. The van der Waals surface area contributed by atoms with E-state index in [1.807, 2.05) is 25.1 Å². The lowest BCUT2D eigenvalue weighted by molar-refractivity contribution is 0.0895. The molecule has 86 valence electrons. The Morgan fingerprint density at radius 2 is 2.06 bits per heavy atom. The number of aryl methyl sites for hydroxylation is 1. The van der Waals surface area contributed by atoms with Crippen LogP contribution in [0, 0.1) is 12.8 Å². The Morgan fingerprint density at radius 3 is 2.69 bits per heavy atom. The van der Waals surface area contributed by atoms with Crippen molar-refractivity contribution in [3.63, 3.8) is 0 Å². The molecule has 1 aliphatic heterocycles. The average molecular weight is 282 g/mol. The van der Waals surface area contributed by atoms with Gasteiger partial charge in [-0.2, -0.15) is 0 Å². The summed E-state index contributed by atoms with van der Waals surface area (Å²) in [6, 6.07) is 5.86. The zero-order chi connectivity index (χ0) is 11.5. The van der Waals surface area contributed by atoms with Crippen molar-refractivity contribution in [2.45, 2.75) is 19.8 Å². The van der Waals surface area contributed by atoms with Gasteiger partial charge in [-0.3, -0.25) is 4.79 Å². The Labute approximate surface area is 105 Å². The lowest BCUT2D eigenvalue weighted by Crippen LogP contribution is -2.31. The number of carbonyl (C=O) groups is 1. The molecule has 1 heterocycles. The van der Waals surface area contributed by atoms with Gasteiger partial charge in [0.15, 0.2) is 5.78 Å². The van der Waals surface area contributed by atoms with E-state index in [4.69, 9.17) is 0 Å². The molecule has 1 saturated heterocycles. The molecule has 0 aromatic heterocycles. The van der Waals surface area contributed by atoms with Gasteiger partial charge in [0.2, 0.25) is 0 Å². The summed E-state index contributed by atoms with van der Waals surface area (Å²) < 4.78 is 1.06. The van der Waals surface area contributed by atoms with Crippen molar-refractivity contribution in [1.82, 2.24) is 5.32 Å². The number of hydrogen-bond donors (Lipinski definition) is 1. The molecule has 1 aliphatic rings. The van der Waals surface area contributed by atoms with Crippen molar-refractivity contribution in [2.75, 3.05) is 13.1 Å². The van der Waals surface area contributed by atoms with E-state index in [1.165, 1.54) is 0 Å². The highest BCUT2D eigenvalue weighted by Crippen LogP contribution is 2.22. The first-order valence-electron chi connectivity index (χ1n) is 5.69. The fourth-order valence-corrected chi connectivity index (χ4v) is 2.36. The molecule has 16 heavy (non-hydrogen) atoms. The van der Waals surface area contributed by atoms with E-state index >= 15 is 0 Å². The second-order valence-corrected chi connectivity index (χ2v) is 5.21. The monoisotopic (exact) mass is 281 g/mol. The Kier molecular flexibility index (Phi) is 3.77. The number of nitrogens with one attached hydrogen (secondary N) is 1. The lowest BCUT2D eigenvalue weighted by Gasteiger charge is -2.21. The predicted octanol–water partition coefficient (Wildman–Crippen LogP) is 2.94. The van der Waals surface area contributed by atoms with Crippen LogP contribution in [0.4, 0.5) is 0 Å². The third-order valence-corrected chi connectivity index (χ3v) is 4.04. The van der Waals surface area contributed by atoms with E-state index in [2.05, 4.69) is 21.2 Å². The molecule has 2 nitrogen and oxygen atoms in total. The summed E-state index contributed by atoms with van der Waals surface area (Å²) in [5.74, 6) is 0.513. The first-order chi connectivity index (χ1) is 7.68. The highest BCUT2D eigenvalue weighted by Gasteiger charge is 2.22. The molecule has 3 heteroatoms. The molecule has 1 fully saturated rings. The van der Waals surface area contributed by atoms with Crippen molar-refractivity contribution < 1.29 is 4.79 Å². The van der Waals surface area contributed by atoms with Gasteiger partial charge in [0, 0.05) is 16.0 Å². The average Bonchev–Trinajstić information content (AvgIpc) is 2.33. The van der Waals surface area contributed by atoms with Crippen LogP contribution in [0.2, 0.25) is 0 Å². The number of benzene rings is 1. The van der Waals surface area contributed by atoms with Gasteiger partial charge in [-0.1, -0.05) is 22.0 Å². The topological polar surface area (TPSA) is 29.1 Å². The second kappa shape index (κ2) is 5.11. The summed E-state index contributed by atoms with van der Waals surface area (Å²) in [5.41, 5.74) is 1.98. The molecule has 2 rings (SSSR count). The molecule has 1 aromatic carbocycles. The third-order valence-electron chi connectivity index (χ3n) is 3.15. The number of Topliss-reactive ketones (excluding diaryl/α,β-unsaturated/α-hetero) is 1. The predicted molar refractivity (Wildman–Crippen MR) is 68.8 cm³/mol. The Balaban J connectivity index is 2.16. The summed E-state index contributed by atoms with van der Waals surface area (Å²) in [6.07, 6.45) is 1.93. The van der Waals surface area contributed by atoms with Crippen molar-refractivity contribution in [3.05, 3.63) is 33.8 Å². The van der Waals surface area contributed by atoms with Gasteiger partial charge >= 0.3 is 0 Å². The molecule has 0 bridgehead atoms. The molecule has 1 aromatic rings. The molecule has 0 spiro atoms. The number of carbonyl (C=O) groups excluding carboxylic acids is 1. The van der Waals surface area contributed by atoms with Gasteiger partial charge in [0.05, 0.1) is 0 Å². The molecular weight excluding hydrogens is 266 g/mol. The fourth-order valence-electron chi connectivity index (χ4n) is 2.12. The van der Waals surface area contributed by atoms with Crippen LogP contribution in [0.25, 0.3) is 0 Å². The van der Waals surface area contributed by atoms with Crippen LogP contribution in [0.3, 0.4) is 0 Å². The van der Waals surface area contributed by atoms with Crippen molar-refractivity contribution in [1.29, 1.82) is 0 Å². The van der Waals surface area contributed by atoms with E-state index in [1.54, 1.807) is 0 Å². The summed E-state index contributed by atoms with van der Waals surface area (Å²) in [5, 5.41) is 3.28. The molecule has 0 saturated carbocycles. The van der Waals surface area contributed by atoms with E-state index in [0.29, 0.717) is 5.78 Å². The standard InChI is InChI=1S/C13H16BrNO/c1-9-8-11(2-3-12(9)14)13(16)10-4-6-15-7-5-10/h2-3,8,10,15H,4-7H2,1H3. The minimum Gasteiger partial charge on any atom is -0.317 e. The van der Waals surface area contributed by atoms with Crippen LogP contribution in [0.15, 0.2) is 22.7 Å². The van der Waals surface area contributed by atoms with Crippen molar-refractivity contribution in [3.8, 4) is 0 Å². The maximum atomic E-state index is 12.2. The van der Waals surface area contributed by atoms with Gasteiger partial charge in [-0.15, -0.1) is 0 Å². The Hall–Kier alpha value is -0.670. The smallest absolute Gasteiger partial charge is 0.166 e. The molecular formula is C13H16BrNO. The van der Waals surface area contributed by atoms with Crippen LogP contribution in [0.1, 0.15) is 28.8 Å². The number of halogens is 1. The van der Waals surface area contributed by atoms with Crippen LogP contribution in [-0.2, 0) is 0 Å². The highest BCUT2D eigenvalue weighted by atomic mass is 79.9. The van der Waals surface area contributed by atoms with Crippen LogP contribution in [-0.4, -0.2) is 18.9 Å². The number of hydrogen-bond acceptors (Lipinski definition) is 2. The van der Waals surface area contributed by atoms with Crippen molar-refractivity contribution in [2.24, 2.45) is 5.92 Å². The molecule has 0 unspecified atom stereocenters. The maximum Gasteiger partial charge on any atom is 0.166 e. The quantitative estimate of drug-likeness (QED) is 0.845. The van der Waals surface area contributed by atoms with Crippen LogP contribution in [0.5, 0.6) is 0 Å². The third kappa shape index (κ3) is 2.53. The summed E-state index contributed by atoms with van der Waals surface area (Å²) in [7, 11) is 0. The summed E-state index contributed by atoms with van der Waals surface area (Å²) in [4.78, 5) is 12.2. The zero-order valence-corrected chi connectivity index (χ0v) is 11.0. The van der Waals surface area contributed by atoms with Crippen LogP contribution < -0.4 is 5.32 Å². The number of rotatable bonds is 2.